The Labute approximate surface area is 148 Å². The summed E-state index contributed by atoms with van der Waals surface area (Å²) in [6.07, 6.45) is 4.63. The van der Waals surface area contributed by atoms with E-state index < -0.39 is 0 Å². The van der Waals surface area contributed by atoms with Crippen LogP contribution in [0.4, 0.5) is 0 Å². The molecule has 1 unspecified atom stereocenters. The molecule has 1 saturated heterocycles. The zero-order chi connectivity index (χ0) is 18.1. The molecule has 0 radical (unpaired) electrons. The van der Waals surface area contributed by atoms with Crippen molar-refractivity contribution in [2.24, 2.45) is 13.0 Å². The number of carbonyl (C=O) groups is 1. The summed E-state index contributed by atoms with van der Waals surface area (Å²) < 4.78 is 1.66. The topological polar surface area (TPSA) is 71.0 Å². The fraction of sp³-hybridized carbons (Fsp3) is 0.632. The third kappa shape index (κ3) is 3.48. The van der Waals surface area contributed by atoms with Crippen LogP contribution in [0.5, 0.6) is 0 Å². The molecule has 0 aromatic carbocycles. The van der Waals surface area contributed by atoms with E-state index in [4.69, 9.17) is 0 Å². The second-order valence-electron chi connectivity index (χ2n) is 7.44. The van der Waals surface area contributed by atoms with E-state index in [1.807, 2.05) is 18.7 Å². The summed E-state index contributed by atoms with van der Waals surface area (Å²) in [5.74, 6) is 0.797. The van der Waals surface area contributed by atoms with E-state index in [2.05, 4.69) is 17.0 Å². The van der Waals surface area contributed by atoms with Gasteiger partial charge in [-0.05, 0) is 50.2 Å². The van der Waals surface area contributed by atoms with Crippen LogP contribution in [-0.2, 0) is 18.3 Å². The molecule has 1 N–H and O–H groups in total. The van der Waals surface area contributed by atoms with Crippen molar-refractivity contribution < 1.29 is 4.79 Å². The fourth-order valence-corrected chi connectivity index (χ4v) is 3.99. The van der Waals surface area contributed by atoms with Crippen molar-refractivity contribution in [3.8, 4) is 0 Å². The van der Waals surface area contributed by atoms with Gasteiger partial charge in [0.2, 0.25) is 5.91 Å². The van der Waals surface area contributed by atoms with Crippen LogP contribution < -0.4 is 5.56 Å². The van der Waals surface area contributed by atoms with Crippen molar-refractivity contribution in [2.45, 2.75) is 52.9 Å². The van der Waals surface area contributed by atoms with Gasteiger partial charge in [-0.3, -0.25) is 19.4 Å². The minimum absolute atomic E-state index is 0.114. The summed E-state index contributed by atoms with van der Waals surface area (Å²) in [6.45, 7) is 7.88. The molecule has 0 bridgehead atoms. The molecule has 2 aromatic rings. The summed E-state index contributed by atoms with van der Waals surface area (Å²) in [5.41, 5.74) is 3.44. The molecule has 1 aliphatic rings. The normalized spacial score (nSPS) is 18.6. The number of H-pyrrole nitrogens is 1. The number of amides is 1. The summed E-state index contributed by atoms with van der Waals surface area (Å²) in [7, 11) is 1.79. The molecule has 136 valence electrons. The van der Waals surface area contributed by atoms with Crippen molar-refractivity contribution in [1.29, 1.82) is 0 Å². The monoisotopic (exact) mass is 344 g/mol. The van der Waals surface area contributed by atoms with Crippen molar-refractivity contribution in [1.82, 2.24) is 19.7 Å². The Hall–Kier alpha value is -2.11. The number of likely N-dealkylation sites (tertiary alicyclic amines) is 1. The van der Waals surface area contributed by atoms with Crippen LogP contribution in [0, 0.1) is 19.8 Å². The van der Waals surface area contributed by atoms with Crippen LogP contribution in [0.1, 0.15) is 49.4 Å². The summed E-state index contributed by atoms with van der Waals surface area (Å²) >= 11 is 0. The molecule has 25 heavy (non-hydrogen) atoms. The Morgan fingerprint density at radius 3 is 2.84 bits per heavy atom. The number of aromatic nitrogens is 3. The molecule has 1 atom stereocenters. The van der Waals surface area contributed by atoms with E-state index in [0.717, 1.165) is 36.3 Å². The zero-order valence-corrected chi connectivity index (χ0v) is 15.7. The third-order valence-corrected chi connectivity index (χ3v) is 5.42. The number of rotatable bonds is 3. The van der Waals surface area contributed by atoms with Crippen molar-refractivity contribution >= 4 is 16.9 Å². The van der Waals surface area contributed by atoms with E-state index in [1.165, 1.54) is 12.8 Å². The molecule has 0 spiro atoms. The zero-order valence-electron chi connectivity index (χ0n) is 15.7. The maximum absolute atomic E-state index is 12.7. The minimum Gasteiger partial charge on any atom is -0.342 e. The van der Waals surface area contributed by atoms with E-state index in [9.17, 15) is 9.59 Å². The number of aromatic amines is 1. The number of hydrogen-bond donors (Lipinski definition) is 1. The molecule has 6 nitrogen and oxygen atoms in total. The number of pyridine rings is 1. The van der Waals surface area contributed by atoms with Crippen LogP contribution in [0.2, 0.25) is 0 Å². The van der Waals surface area contributed by atoms with Crippen LogP contribution in [0.3, 0.4) is 0 Å². The second-order valence-corrected chi connectivity index (χ2v) is 7.44. The van der Waals surface area contributed by atoms with Crippen molar-refractivity contribution in [3.63, 3.8) is 0 Å². The SMILES string of the molecule is Cc1nc2c(c(C)c1CCC(=O)N1CCCCC(C)C1)c(=O)[nH]n2C. The number of aryl methyl sites for hydroxylation is 3. The molecule has 0 saturated carbocycles. The molecule has 0 aliphatic carbocycles. The standard InChI is InChI=1S/C19H28N4O2/c1-12-7-5-6-10-23(11-12)16(24)9-8-15-13(2)17-18(20-14(15)3)22(4)21-19(17)25/h12H,5-11H2,1-4H3,(H,21,25). The predicted octanol–water partition coefficient (Wildman–Crippen LogP) is 2.46. The van der Waals surface area contributed by atoms with Gasteiger partial charge in [0, 0.05) is 32.3 Å². The molecular formula is C19H28N4O2. The molecule has 6 heteroatoms. The smallest absolute Gasteiger partial charge is 0.273 e. The number of nitrogens with one attached hydrogen (secondary N) is 1. The number of fused-ring (bicyclic) bond motifs is 1. The molecule has 1 fully saturated rings. The number of carbonyl (C=O) groups excluding carboxylic acids is 1. The first kappa shape index (κ1) is 17.7. The molecule has 2 aromatic heterocycles. The summed E-state index contributed by atoms with van der Waals surface area (Å²) in [6, 6.07) is 0. The Morgan fingerprint density at radius 1 is 1.32 bits per heavy atom. The minimum atomic E-state index is -0.114. The van der Waals surface area contributed by atoms with Crippen LogP contribution in [-0.4, -0.2) is 38.7 Å². The average molecular weight is 344 g/mol. The van der Waals surface area contributed by atoms with Gasteiger partial charge in [0.15, 0.2) is 5.65 Å². The predicted molar refractivity (Wildman–Crippen MR) is 98.7 cm³/mol. The Kier molecular flexibility index (Phi) is 4.97. The van der Waals surface area contributed by atoms with Crippen molar-refractivity contribution in [3.05, 3.63) is 27.2 Å². The molecule has 3 heterocycles. The lowest BCUT2D eigenvalue weighted by molar-refractivity contribution is -0.131. The first-order valence-electron chi connectivity index (χ1n) is 9.21. The van der Waals surface area contributed by atoms with Gasteiger partial charge in [0.25, 0.3) is 5.56 Å². The lowest BCUT2D eigenvalue weighted by Crippen LogP contribution is -2.34. The Bertz CT molecular complexity index is 849. The summed E-state index contributed by atoms with van der Waals surface area (Å²) in [5, 5.41) is 3.40. The quantitative estimate of drug-likeness (QED) is 0.930. The largest absolute Gasteiger partial charge is 0.342 e. The summed E-state index contributed by atoms with van der Waals surface area (Å²) in [4.78, 5) is 31.4. The highest BCUT2D eigenvalue weighted by molar-refractivity contribution is 5.81. The van der Waals surface area contributed by atoms with Gasteiger partial charge in [-0.2, -0.15) is 0 Å². The maximum atomic E-state index is 12.7. The lowest BCUT2D eigenvalue weighted by Gasteiger charge is -2.23. The Balaban J connectivity index is 1.80. The molecule has 1 aliphatic heterocycles. The van der Waals surface area contributed by atoms with Crippen LogP contribution >= 0.6 is 0 Å². The lowest BCUT2D eigenvalue weighted by atomic mass is 10.00. The van der Waals surface area contributed by atoms with Crippen molar-refractivity contribution in [2.75, 3.05) is 13.1 Å². The first-order valence-corrected chi connectivity index (χ1v) is 9.21. The van der Waals surface area contributed by atoms with Crippen LogP contribution in [0.25, 0.3) is 11.0 Å². The highest BCUT2D eigenvalue weighted by atomic mass is 16.2. The van der Waals surface area contributed by atoms with Crippen LogP contribution in [0.15, 0.2) is 4.79 Å². The van der Waals surface area contributed by atoms with Gasteiger partial charge in [-0.25, -0.2) is 4.98 Å². The van der Waals surface area contributed by atoms with Gasteiger partial charge in [-0.15, -0.1) is 0 Å². The first-order chi connectivity index (χ1) is 11.9. The highest BCUT2D eigenvalue weighted by Crippen LogP contribution is 2.22. The van der Waals surface area contributed by atoms with Gasteiger partial charge in [-0.1, -0.05) is 13.3 Å². The molecular weight excluding hydrogens is 316 g/mol. The second kappa shape index (κ2) is 7.02. The fourth-order valence-electron chi connectivity index (χ4n) is 3.99. The van der Waals surface area contributed by atoms with E-state index in [1.54, 1.807) is 11.7 Å². The average Bonchev–Trinajstić information content (AvgIpc) is 2.72. The van der Waals surface area contributed by atoms with E-state index >= 15 is 0 Å². The third-order valence-electron chi connectivity index (χ3n) is 5.42. The Morgan fingerprint density at radius 2 is 2.08 bits per heavy atom. The number of nitrogens with zero attached hydrogens (tertiary/aromatic N) is 3. The highest BCUT2D eigenvalue weighted by Gasteiger charge is 2.21. The maximum Gasteiger partial charge on any atom is 0.273 e. The van der Waals surface area contributed by atoms with E-state index in [-0.39, 0.29) is 11.5 Å². The van der Waals surface area contributed by atoms with E-state index in [0.29, 0.717) is 29.8 Å². The number of hydrogen-bond acceptors (Lipinski definition) is 3. The molecule has 3 rings (SSSR count). The van der Waals surface area contributed by atoms with Gasteiger partial charge in [0.1, 0.15) is 0 Å². The van der Waals surface area contributed by atoms with Gasteiger partial charge in [0.05, 0.1) is 5.39 Å². The van der Waals surface area contributed by atoms with Gasteiger partial charge >= 0.3 is 0 Å². The van der Waals surface area contributed by atoms with Gasteiger partial charge < -0.3 is 4.90 Å². The molecule has 1 amide bonds.